The van der Waals surface area contributed by atoms with Crippen molar-refractivity contribution in [2.45, 2.75) is 23.8 Å². The maximum atomic E-state index is 13.6. The number of amides is 1. The number of sulfonamides is 1. The zero-order chi connectivity index (χ0) is 22.6. The number of aromatic hydroxyl groups is 1. The summed E-state index contributed by atoms with van der Waals surface area (Å²) in [5.41, 5.74) is -0.169. The van der Waals surface area contributed by atoms with Crippen molar-refractivity contribution in [2.75, 3.05) is 6.54 Å². The molecule has 1 amide bonds. The van der Waals surface area contributed by atoms with Gasteiger partial charge in [0.1, 0.15) is 17.1 Å². The van der Waals surface area contributed by atoms with Gasteiger partial charge in [-0.3, -0.25) is 10.0 Å². The highest BCUT2D eigenvalue weighted by atomic mass is 32.2. The number of nitrogens with one attached hydrogen (secondary N) is 1. The zero-order valence-electron chi connectivity index (χ0n) is 16.5. The van der Waals surface area contributed by atoms with Crippen LogP contribution in [-0.4, -0.2) is 35.5 Å². The smallest absolute Gasteiger partial charge is 0.269 e. The molecule has 164 valence electrons. The van der Waals surface area contributed by atoms with Gasteiger partial charge in [-0.1, -0.05) is 18.2 Å². The van der Waals surface area contributed by atoms with Crippen LogP contribution in [0.1, 0.15) is 17.4 Å². The number of rotatable bonds is 8. The fraction of sp³-hybridized carbons (Fsp3) is 0.190. The predicted octanol–water partition coefficient (Wildman–Crippen LogP) is 3.25. The maximum Gasteiger partial charge on any atom is 0.269 e. The van der Waals surface area contributed by atoms with Crippen molar-refractivity contribution in [1.82, 2.24) is 9.79 Å². The van der Waals surface area contributed by atoms with Crippen LogP contribution < -0.4 is 5.48 Å². The van der Waals surface area contributed by atoms with Crippen molar-refractivity contribution in [1.29, 1.82) is 0 Å². The number of hydroxylamine groups is 1. The number of benzene rings is 2. The molecule has 3 aromatic rings. The van der Waals surface area contributed by atoms with Crippen molar-refractivity contribution in [3.63, 3.8) is 0 Å². The Bertz CT molecular complexity index is 1130. The van der Waals surface area contributed by atoms with Gasteiger partial charge in [0.25, 0.3) is 5.91 Å². The average molecular weight is 465 g/mol. The highest BCUT2D eigenvalue weighted by Crippen LogP contribution is 2.35. The third-order valence-electron chi connectivity index (χ3n) is 5.01. The lowest BCUT2D eigenvalue weighted by Crippen LogP contribution is -2.56. The lowest BCUT2D eigenvalue weighted by atomic mass is 9.90. The zero-order valence-corrected chi connectivity index (χ0v) is 18.2. The van der Waals surface area contributed by atoms with Gasteiger partial charge in [0.2, 0.25) is 10.0 Å². The van der Waals surface area contributed by atoms with Gasteiger partial charge in [-0.05, 0) is 66.8 Å². The standard InChI is InChI=1S/C21H21FN2O5S2/c1-21(20(26)23-27,15-4-6-16(22)7-5-15)24(13-12-18-3-2-14-30-18)31(28,29)19-10-8-17(25)9-11-19/h2-11,14,25,27H,12-13H2,1H3,(H,23,26). The first-order valence-corrected chi connectivity index (χ1v) is 11.6. The molecule has 7 nitrogen and oxygen atoms in total. The first-order valence-electron chi connectivity index (χ1n) is 9.24. The van der Waals surface area contributed by atoms with Crippen LogP contribution in [0.25, 0.3) is 0 Å². The molecule has 2 aromatic carbocycles. The molecular formula is C21H21FN2O5S2. The van der Waals surface area contributed by atoms with Gasteiger partial charge in [-0.25, -0.2) is 18.3 Å². The Morgan fingerprint density at radius 2 is 1.77 bits per heavy atom. The molecular weight excluding hydrogens is 443 g/mol. The van der Waals surface area contributed by atoms with Crippen molar-refractivity contribution >= 4 is 27.3 Å². The van der Waals surface area contributed by atoms with Crippen LogP contribution in [0.4, 0.5) is 4.39 Å². The highest BCUT2D eigenvalue weighted by molar-refractivity contribution is 7.89. The summed E-state index contributed by atoms with van der Waals surface area (Å²) in [5.74, 6) is -1.66. The minimum absolute atomic E-state index is 0.0922. The van der Waals surface area contributed by atoms with E-state index in [0.717, 1.165) is 21.3 Å². The van der Waals surface area contributed by atoms with Gasteiger partial charge < -0.3 is 5.11 Å². The molecule has 31 heavy (non-hydrogen) atoms. The van der Waals surface area contributed by atoms with E-state index in [4.69, 9.17) is 0 Å². The molecule has 3 rings (SSSR count). The molecule has 0 saturated heterocycles. The van der Waals surface area contributed by atoms with E-state index in [1.165, 1.54) is 54.7 Å². The third kappa shape index (κ3) is 4.62. The molecule has 0 fully saturated rings. The molecule has 0 radical (unpaired) electrons. The van der Waals surface area contributed by atoms with Crippen LogP contribution in [0, 0.1) is 5.82 Å². The maximum absolute atomic E-state index is 13.6. The summed E-state index contributed by atoms with van der Waals surface area (Å²) in [5, 5.41) is 20.8. The molecule has 0 spiro atoms. The van der Waals surface area contributed by atoms with Gasteiger partial charge in [0, 0.05) is 11.4 Å². The average Bonchev–Trinajstić information content (AvgIpc) is 3.27. The van der Waals surface area contributed by atoms with Gasteiger partial charge in [-0.15, -0.1) is 11.3 Å². The Hall–Kier alpha value is -2.79. The number of carbonyl (C=O) groups is 1. The summed E-state index contributed by atoms with van der Waals surface area (Å²) in [6.07, 6.45) is 0.310. The van der Waals surface area contributed by atoms with Crippen LogP contribution in [0.5, 0.6) is 5.75 Å². The second kappa shape index (κ2) is 9.15. The fourth-order valence-corrected chi connectivity index (χ4v) is 5.70. The van der Waals surface area contributed by atoms with E-state index in [1.54, 1.807) is 5.48 Å². The first-order chi connectivity index (χ1) is 14.7. The van der Waals surface area contributed by atoms with Crippen LogP contribution in [0.3, 0.4) is 0 Å². The minimum atomic E-state index is -4.28. The number of halogens is 1. The number of hydrogen-bond donors (Lipinski definition) is 3. The number of carbonyl (C=O) groups excluding carboxylic acids is 1. The molecule has 0 aliphatic heterocycles. The lowest BCUT2D eigenvalue weighted by molar-refractivity contribution is -0.139. The largest absolute Gasteiger partial charge is 0.508 e. The fourth-order valence-electron chi connectivity index (χ4n) is 3.27. The monoisotopic (exact) mass is 464 g/mol. The van der Waals surface area contributed by atoms with Crippen LogP contribution in [-0.2, 0) is 26.8 Å². The summed E-state index contributed by atoms with van der Waals surface area (Å²) in [6, 6.07) is 13.4. The van der Waals surface area contributed by atoms with E-state index < -0.39 is 27.3 Å². The molecule has 0 aliphatic carbocycles. The van der Waals surface area contributed by atoms with E-state index in [2.05, 4.69) is 0 Å². The van der Waals surface area contributed by atoms with Gasteiger partial charge >= 0.3 is 0 Å². The number of phenolic OH excluding ortho intramolecular Hbond substituents is 1. The quantitative estimate of drug-likeness (QED) is 0.350. The number of phenols is 1. The molecule has 0 bridgehead atoms. The normalized spacial score (nSPS) is 13.7. The number of nitrogens with zero attached hydrogens (tertiary/aromatic N) is 1. The summed E-state index contributed by atoms with van der Waals surface area (Å²) >= 11 is 1.44. The van der Waals surface area contributed by atoms with Crippen molar-refractivity contribution in [2.24, 2.45) is 0 Å². The van der Waals surface area contributed by atoms with Gasteiger partial charge in [0.05, 0.1) is 4.90 Å². The van der Waals surface area contributed by atoms with Crippen molar-refractivity contribution < 1.29 is 27.9 Å². The summed E-state index contributed by atoms with van der Waals surface area (Å²) in [4.78, 5) is 13.6. The molecule has 10 heteroatoms. The Morgan fingerprint density at radius 3 is 2.32 bits per heavy atom. The van der Waals surface area contributed by atoms with E-state index in [-0.39, 0.29) is 22.8 Å². The Morgan fingerprint density at radius 1 is 1.13 bits per heavy atom. The summed E-state index contributed by atoms with van der Waals surface area (Å²) < 4.78 is 41.7. The number of thiophene rings is 1. The summed E-state index contributed by atoms with van der Waals surface area (Å²) in [7, 11) is -4.28. The molecule has 1 aromatic heterocycles. The van der Waals surface area contributed by atoms with E-state index in [1.807, 2.05) is 17.5 Å². The molecule has 0 aliphatic rings. The second-order valence-corrected chi connectivity index (χ2v) is 9.82. The van der Waals surface area contributed by atoms with Crippen LogP contribution in [0.15, 0.2) is 70.9 Å². The second-order valence-electron chi connectivity index (χ2n) is 6.92. The van der Waals surface area contributed by atoms with Crippen LogP contribution in [0.2, 0.25) is 0 Å². The lowest BCUT2D eigenvalue weighted by Gasteiger charge is -2.38. The SMILES string of the molecule is CC(C(=O)NO)(c1ccc(F)cc1)N(CCc1cccs1)S(=O)(=O)c1ccc(O)cc1. The van der Waals surface area contributed by atoms with Gasteiger partial charge in [-0.2, -0.15) is 4.31 Å². The van der Waals surface area contributed by atoms with E-state index >= 15 is 0 Å². The molecule has 1 unspecified atom stereocenters. The molecule has 1 atom stereocenters. The Balaban J connectivity index is 2.16. The van der Waals surface area contributed by atoms with Crippen LogP contribution >= 0.6 is 11.3 Å². The third-order valence-corrected chi connectivity index (χ3v) is 7.95. The number of hydrogen-bond acceptors (Lipinski definition) is 6. The predicted molar refractivity (Wildman–Crippen MR) is 114 cm³/mol. The van der Waals surface area contributed by atoms with Gasteiger partial charge in [0.15, 0.2) is 0 Å². The molecule has 1 heterocycles. The van der Waals surface area contributed by atoms with Crippen molar-refractivity contribution in [3.05, 3.63) is 82.3 Å². The minimum Gasteiger partial charge on any atom is -0.508 e. The topological polar surface area (TPSA) is 107 Å². The first kappa shape index (κ1) is 22.9. The molecule has 0 saturated carbocycles. The van der Waals surface area contributed by atoms with E-state index in [0.29, 0.717) is 6.42 Å². The summed E-state index contributed by atoms with van der Waals surface area (Å²) in [6.45, 7) is 1.25. The Labute approximate surface area is 183 Å². The Kier molecular flexibility index (Phi) is 6.75. The van der Waals surface area contributed by atoms with Crippen molar-refractivity contribution in [3.8, 4) is 5.75 Å². The highest BCUT2D eigenvalue weighted by Gasteiger charge is 2.47. The van der Waals surface area contributed by atoms with E-state index in [9.17, 15) is 27.9 Å². The molecule has 3 N–H and O–H groups in total.